The van der Waals surface area contributed by atoms with Crippen LogP contribution in [-0.4, -0.2) is 80.0 Å². The third-order valence-corrected chi connectivity index (χ3v) is 5.35. The Morgan fingerprint density at radius 2 is 2.04 bits per heavy atom. The lowest BCUT2D eigenvalue weighted by Crippen LogP contribution is -2.49. The zero-order valence-electron chi connectivity index (χ0n) is 14.6. The van der Waals surface area contributed by atoms with Crippen molar-refractivity contribution in [3.05, 3.63) is 12.7 Å². The lowest BCUT2D eigenvalue weighted by Gasteiger charge is -2.35. The first-order valence-corrected chi connectivity index (χ1v) is 9.13. The first-order chi connectivity index (χ1) is 12.7. The molecule has 1 aliphatic carbocycles. The van der Waals surface area contributed by atoms with Gasteiger partial charge in [-0.3, -0.25) is 0 Å². The van der Waals surface area contributed by atoms with Crippen LogP contribution in [0.25, 0.3) is 11.2 Å². The summed E-state index contributed by atoms with van der Waals surface area (Å²) < 4.78 is 7.54. The summed E-state index contributed by atoms with van der Waals surface area (Å²) in [7, 11) is 0. The molecule has 0 radical (unpaired) electrons. The molecule has 3 N–H and O–H groups in total. The maximum absolute atomic E-state index is 9.87. The van der Waals surface area contributed by atoms with Gasteiger partial charge in [0, 0.05) is 32.2 Å². The second kappa shape index (κ2) is 7.43. The monoisotopic (exact) mass is 363 g/mol. The van der Waals surface area contributed by atoms with Crippen LogP contribution in [0.1, 0.15) is 12.8 Å². The normalized spacial score (nSPS) is 23.3. The van der Waals surface area contributed by atoms with Crippen LogP contribution in [0, 0.1) is 11.8 Å². The number of aliphatic hydroxyl groups is 3. The van der Waals surface area contributed by atoms with Gasteiger partial charge in [-0.2, -0.15) is 0 Å². The van der Waals surface area contributed by atoms with Gasteiger partial charge in [0.25, 0.3) is 0 Å². The Bertz CT molecular complexity index is 750. The summed E-state index contributed by atoms with van der Waals surface area (Å²) in [6.07, 6.45) is 4.26. The van der Waals surface area contributed by atoms with Crippen LogP contribution in [0.3, 0.4) is 0 Å². The number of nitrogens with zero attached hydrogens (tertiary/aromatic N) is 5. The predicted molar refractivity (Wildman–Crippen MR) is 93.7 cm³/mol. The first-order valence-electron chi connectivity index (χ1n) is 9.13. The number of hydrogen-bond acceptors (Lipinski definition) is 8. The molecule has 3 heterocycles. The Labute approximate surface area is 151 Å². The zero-order chi connectivity index (χ0) is 18.1. The van der Waals surface area contributed by atoms with Gasteiger partial charge in [-0.1, -0.05) is 0 Å². The Balaban J connectivity index is 1.58. The van der Waals surface area contributed by atoms with Gasteiger partial charge < -0.3 is 29.5 Å². The van der Waals surface area contributed by atoms with E-state index < -0.39 is 12.2 Å². The smallest absolute Gasteiger partial charge is 0.165 e. The SMILES string of the molecule is OCC(Cn1cnc2c(N3CCO[C@H]([C@@H](O)CO)C3)ncnc21)C1CC1. The van der Waals surface area contributed by atoms with Crippen molar-refractivity contribution in [1.82, 2.24) is 19.5 Å². The van der Waals surface area contributed by atoms with Gasteiger partial charge in [-0.25, -0.2) is 15.0 Å². The fourth-order valence-electron chi connectivity index (χ4n) is 3.63. The summed E-state index contributed by atoms with van der Waals surface area (Å²) in [5, 5.41) is 28.7. The number of fused-ring (bicyclic) bond motifs is 1. The molecule has 0 amide bonds. The molecule has 0 aromatic carbocycles. The van der Waals surface area contributed by atoms with Gasteiger partial charge in [0.05, 0.1) is 19.5 Å². The highest BCUT2D eigenvalue weighted by atomic mass is 16.5. The standard InChI is InChI=1S/C17H25N5O4/c23-7-12(11-1-2-11)5-22-10-20-15-16(18-9-19-17(15)22)21-3-4-26-14(6-21)13(25)8-24/h9-14,23-25H,1-8H2/t12?,13-,14-/m0/s1. The van der Waals surface area contributed by atoms with Crippen LogP contribution in [0.2, 0.25) is 0 Å². The molecule has 0 spiro atoms. The third kappa shape index (κ3) is 3.39. The topological polar surface area (TPSA) is 117 Å². The number of aliphatic hydroxyl groups excluding tert-OH is 3. The summed E-state index contributed by atoms with van der Waals surface area (Å²) in [5.74, 6) is 1.54. The zero-order valence-corrected chi connectivity index (χ0v) is 14.6. The van der Waals surface area contributed by atoms with E-state index in [1.807, 2.05) is 9.47 Å². The molecule has 2 aliphatic rings. The van der Waals surface area contributed by atoms with E-state index in [4.69, 9.17) is 9.84 Å². The fourth-order valence-corrected chi connectivity index (χ4v) is 3.63. The molecule has 1 aliphatic heterocycles. The number of aromatic nitrogens is 4. The molecule has 142 valence electrons. The Kier molecular flexibility index (Phi) is 5.03. The molecule has 9 heteroatoms. The maximum atomic E-state index is 9.87. The van der Waals surface area contributed by atoms with Crippen LogP contribution in [0.5, 0.6) is 0 Å². The van der Waals surface area contributed by atoms with E-state index in [1.165, 1.54) is 19.2 Å². The van der Waals surface area contributed by atoms with Crippen molar-refractivity contribution in [2.24, 2.45) is 11.8 Å². The Hall–Kier alpha value is -1.81. The maximum Gasteiger partial charge on any atom is 0.165 e. The van der Waals surface area contributed by atoms with E-state index in [-0.39, 0.29) is 19.1 Å². The van der Waals surface area contributed by atoms with E-state index in [1.54, 1.807) is 6.33 Å². The van der Waals surface area contributed by atoms with Gasteiger partial charge >= 0.3 is 0 Å². The molecule has 3 atom stereocenters. The van der Waals surface area contributed by atoms with Crippen molar-refractivity contribution in [3.8, 4) is 0 Å². The van der Waals surface area contributed by atoms with Gasteiger partial charge in [-0.05, 0) is 18.8 Å². The van der Waals surface area contributed by atoms with Crippen LogP contribution in [0.15, 0.2) is 12.7 Å². The van der Waals surface area contributed by atoms with Crippen molar-refractivity contribution in [2.45, 2.75) is 31.6 Å². The molecule has 1 saturated carbocycles. The summed E-state index contributed by atoms with van der Waals surface area (Å²) in [6, 6.07) is 0. The van der Waals surface area contributed by atoms with Crippen LogP contribution >= 0.6 is 0 Å². The molecule has 4 rings (SSSR count). The molecule has 1 saturated heterocycles. The summed E-state index contributed by atoms with van der Waals surface area (Å²) >= 11 is 0. The second-order valence-corrected chi connectivity index (χ2v) is 7.15. The Morgan fingerprint density at radius 1 is 1.19 bits per heavy atom. The minimum absolute atomic E-state index is 0.173. The molecule has 2 aromatic heterocycles. The lowest BCUT2D eigenvalue weighted by molar-refractivity contribution is -0.0632. The highest BCUT2D eigenvalue weighted by molar-refractivity contribution is 5.83. The average molecular weight is 363 g/mol. The van der Waals surface area contributed by atoms with Gasteiger partial charge in [0.15, 0.2) is 17.0 Å². The summed E-state index contributed by atoms with van der Waals surface area (Å²) in [6.45, 7) is 2.05. The van der Waals surface area contributed by atoms with Crippen LogP contribution < -0.4 is 4.90 Å². The van der Waals surface area contributed by atoms with E-state index >= 15 is 0 Å². The minimum atomic E-state index is -0.920. The molecule has 2 fully saturated rings. The number of anilines is 1. The van der Waals surface area contributed by atoms with Crippen molar-refractivity contribution in [3.63, 3.8) is 0 Å². The molecule has 9 nitrogen and oxygen atoms in total. The molecule has 2 aromatic rings. The molecular formula is C17H25N5O4. The third-order valence-electron chi connectivity index (χ3n) is 5.35. The average Bonchev–Trinajstić information content (AvgIpc) is 3.45. The van der Waals surface area contributed by atoms with E-state index in [0.717, 1.165) is 5.65 Å². The lowest BCUT2D eigenvalue weighted by atomic mass is 10.1. The largest absolute Gasteiger partial charge is 0.396 e. The number of morpholine rings is 1. The molecule has 0 bridgehead atoms. The van der Waals surface area contributed by atoms with Crippen molar-refractivity contribution in [1.29, 1.82) is 0 Å². The summed E-state index contributed by atoms with van der Waals surface area (Å²) in [5.41, 5.74) is 1.46. The molecule has 26 heavy (non-hydrogen) atoms. The molecule has 1 unspecified atom stereocenters. The number of ether oxygens (including phenoxy) is 1. The van der Waals surface area contributed by atoms with Gasteiger partial charge in [-0.15, -0.1) is 0 Å². The number of rotatable bonds is 7. The van der Waals surface area contributed by atoms with Crippen molar-refractivity contribution in [2.75, 3.05) is 37.8 Å². The number of hydrogen-bond donors (Lipinski definition) is 3. The van der Waals surface area contributed by atoms with Crippen LogP contribution in [0.4, 0.5) is 5.82 Å². The van der Waals surface area contributed by atoms with Crippen molar-refractivity contribution >= 4 is 17.0 Å². The van der Waals surface area contributed by atoms with E-state index in [2.05, 4.69) is 15.0 Å². The first kappa shape index (κ1) is 17.6. The second-order valence-electron chi connectivity index (χ2n) is 7.15. The Morgan fingerprint density at radius 3 is 2.77 bits per heavy atom. The molecular weight excluding hydrogens is 338 g/mol. The van der Waals surface area contributed by atoms with E-state index in [9.17, 15) is 10.2 Å². The predicted octanol–water partition coefficient (Wildman–Crippen LogP) is -0.597. The fraction of sp³-hybridized carbons (Fsp3) is 0.706. The van der Waals surface area contributed by atoms with Gasteiger partial charge in [0.1, 0.15) is 18.5 Å². The minimum Gasteiger partial charge on any atom is -0.396 e. The van der Waals surface area contributed by atoms with E-state index in [0.29, 0.717) is 43.5 Å². The summed E-state index contributed by atoms with van der Waals surface area (Å²) in [4.78, 5) is 15.3. The van der Waals surface area contributed by atoms with Crippen molar-refractivity contribution < 1.29 is 20.1 Å². The van der Waals surface area contributed by atoms with Crippen LogP contribution in [-0.2, 0) is 11.3 Å². The highest BCUT2D eigenvalue weighted by Crippen LogP contribution is 2.37. The quantitative estimate of drug-likeness (QED) is 0.597. The number of imidazole rings is 1. The highest BCUT2D eigenvalue weighted by Gasteiger charge is 2.32. The van der Waals surface area contributed by atoms with Gasteiger partial charge in [0.2, 0.25) is 0 Å².